The van der Waals surface area contributed by atoms with Gasteiger partial charge in [-0.25, -0.2) is 5.43 Å². The minimum Gasteiger partial charge on any atom is -0.272 e. The summed E-state index contributed by atoms with van der Waals surface area (Å²) in [6.45, 7) is 2.11. The van der Waals surface area contributed by atoms with E-state index in [4.69, 9.17) is 0 Å². The number of amides is 1. The van der Waals surface area contributed by atoms with E-state index in [0.717, 1.165) is 26.9 Å². The third kappa shape index (κ3) is 5.24. The lowest BCUT2D eigenvalue weighted by Crippen LogP contribution is -2.19. The van der Waals surface area contributed by atoms with Crippen molar-refractivity contribution in [2.45, 2.75) is 17.7 Å². The van der Waals surface area contributed by atoms with Crippen molar-refractivity contribution < 1.29 is 4.79 Å². The zero-order valence-electron chi connectivity index (χ0n) is 14.3. The molecule has 5 nitrogen and oxygen atoms in total. The maximum absolute atomic E-state index is 11.9. The number of thioether (sulfide) groups is 1. The van der Waals surface area contributed by atoms with Crippen LogP contribution in [-0.2, 0) is 11.2 Å². The monoisotopic (exact) mass is 382 g/mol. The molecule has 1 N–H and O–H groups in total. The number of carbonyl (C=O) groups is 1. The predicted octanol–water partition coefficient (Wildman–Crippen LogP) is 4.01. The molecule has 0 saturated heterocycles. The fraction of sp³-hybridized carbons (Fsp3) is 0.158. The van der Waals surface area contributed by atoms with E-state index >= 15 is 0 Å². The van der Waals surface area contributed by atoms with Crippen LogP contribution in [0.25, 0.3) is 10.6 Å². The Morgan fingerprint density at radius 2 is 1.92 bits per heavy atom. The van der Waals surface area contributed by atoms with Gasteiger partial charge in [0.2, 0.25) is 0 Å². The molecule has 0 spiro atoms. The zero-order chi connectivity index (χ0) is 18.2. The molecular weight excluding hydrogens is 364 g/mol. The molecule has 0 atom stereocenters. The summed E-state index contributed by atoms with van der Waals surface area (Å²) in [4.78, 5) is 11.9. The number of aromatic nitrogens is 2. The van der Waals surface area contributed by atoms with Crippen molar-refractivity contribution in [3.8, 4) is 10.6 Å². The molecule has 0 aliphatic heterocycles. The summed E-state index contributed by atoms with van der Waals surface area (Å²) in [5.74, 6) is 0.0723. The zero-order valence-corrected chi connectivity index (χ0v) is 15.9. The Kier molecular flexibility index (Phi) is 6.51. The molecule has 3 rings (SSSR count). The first kappa shape index (κ1) is 18.3. The van der Waals surface area contributed by atoms with E-state index in [1.54, 1.807) is 6.21 Å². The SMILES string of the molecule is CCc1ccc(C=NNC(=O)CSc2nnc(-c3ccccc3)s2)cc1. The van der Waals surface area contributed by atoms with Gasteiger partial charge in [-0.15, -0.1) is 10.2 Å². The van der Waals surface area contributed by atoms with Crippen molar-refractivity contribution in [1.29, 1.82) is 0 Å². The molecule has 0 aliphatic rings. The molecule has 7 heteroatoms. The molecule has 26 heavy (non-hydrogen) atoms. The first-order valence-electron chi connectivity index (χ1n) is 8.17. The van der Waals surface area contributed by atoms with Gasteiger partial charge in [0.25, 0.3) is 5.91 Å². The molecule has 3 aromatic rings. The summed E-state index contributed by atoms with van der Waals surface area (Å²) in [6.07, 6.45) is 2.64. The van der Waals surface area contributed by atoms with E-state index in [1.807, 2.05) is 42.5 Å². The highest BCUT2D eigenvalue weighted by Gasteiger charge is 2.09. The van der Waals surface area contributed by atoms with E-state index in [2.05, 4.69) is 39.8 Å². The second-order valence-electron chi connectivity index (χ2n) is 5.42. The number of hydrazone groups is 1. The van der Waals surface area contributed by atoms with E-state index in [-0.39, 0.29) is 11.7 Å². The van der Waals surface area contributed by atoms with Crippen LogP contribution in [0.15, 0.2) is 64.0 Å². The van der Waals surface area contributed by atoms with Gasteiger partial charge in [0.1, 0.15) is 5.01 Å². The minimum absolute atomic E-state index is 0.173. The van der Waals surface area contributed by atoms with E-state index in [1.165, 1.54) is 28.7 Å². The maximum atomic E-state index is 11.9. The second kappa shape index (κ2) is 9.26. The van der Waals surface area contributed by atoms with Gasteiger partial charge >= 0.3 is 0 Å². The molecule has 1 aromatic heterocycles. The lowest BCUT2D eigenvalue weighted by Gasteiger charge is -1.99. The average molecular weight is 383 g/mol. The minimum atomic E-state index is -0.173. The van der Waals surface area contributed by atoms with Crippen molar-refractivity contribution >= 4 is 35.2 Å². The van der Waals surface area contributed by atoms with Gasteiger partial charge in [0.05, 0.1) is 12.0 Å². The number of hydrogen-bond acceptors (Lipinski definition) is 6. The number of nitrogens with zero attached hydrogens (tertiary/aromatic N) is 3. The van der Waals surface area contributed by atoms with Gasteiger partial charge in [-0.2, -0.15) is 5.10 Å². The van der Waals surface area contributed by atoms with E-state index < -0.39 is 0 Å². The Labute approximate surface area is 160 Å². The average Bonchev–Trinajstić information content (AvgIpc) is 3.17. The summed E-state index contributed by atoms with van der Waals surface area (Å²) in [6, 6.07) is 17.9. The van der Waals surface area contributed by atoms with Crippen molar-refractivity contribution in [2.75, 3.05) is 5.75 Å². The first-order chi connectivity index (χ1) is 12.7. The highest BCUT2D eigenvalue weighted by atomic mass is 32.2. The highest BCUT2D eigenvalue weighted by molar-refractivity contribution is 8.01. The van der Waals surface area contributed by atoms with Crippen LogP contribution in [0.1, 0.15) is 18.1 Å². The lowest BCUT2D eigenvalue weighted by molar-refractivity contribution is -0.118. The summed E-state index contributed by atoms with van der Waals surface area (Å²) in [5, 5.41) is 13.1. The summed E-state index contributed by atoms with van der Waals surface area (Å²) in [7, 11) is 0. The van der Waals surface area contributed by atoms with Crippen LogP contribution in [0.2, 0.25) is 0 Å². The number of aryl methyl sites for hydroxylation is 1. The molecule has 0 radical (unpaired) electrons. The number of hydrogen-bond donors (Lipinski definition) is 1. The van der Waals surface area contributed by atoms with E-state index in [9.17, 15) is 4.79 Å². The van der Waals surface area contributed by atoms with Crippen LogP contribution in [0.3, 0.4) is 0 Å². The second-order valence-corrected chi connectivity index (χ2v) is 7.62. The Morgan fingerprint density at radius 3 is 2.65 bits per heavy atom. The quantitative estimate of drug-likeness (QED) is 0.381. The number of benzene rings is 2. The molecule has 0 bridgehead atoms. The molecular formula is C19H18N4OS2. The fourth-order valence-corrected chi connectivity index (χ4v) is 3.79. The van der Waals surface area contributed by atoms with Crippen molar-refractivity contribution in [3.63, 3.8) is 0 Å². The van der Waals surface area contributed by atoms with Crippen LogP contribution in [0.4, 0.5) is 0 Å². The Hall–Kier alpha value is -2.51. The van der Waals surface area contributed by atoms with Gasteiger partial charge in [-0.3, -0.25) is 4.79 Å². The molecule has 1 heterocycles. The van der Waals surface area contributed by atoms with Gasteiger partial charge in [0.15, 0.2) is 4.34 Å². The van der Waals surface area contributed by atoms with E-state index in [0.29, 0.717) is 0 Å². The van der Waals surface area contributed by atoms with Crippen LogP contribution in [0, 0.1) is 0 Å². The normalized spacial score (nSPS) is 11.0. The molecule has 0 unspecified atom stereocenters. The predicted molar refractivity (Wildman–Crippen MR) is 108 cm³/mol. The lowest BCUT2D eigenvalue weighted by atomic mass is 10.1. The van der Waals surface area contributed by atoms with Crippen LogP contribution < -0.4 is 5.43 Å². The largest absolute Gasteiger partial charge is 0.272 e. The van der Waals surface area contributed by atoms with Crippen LogP contribution in [0.5, 0.6) is 0 Å². The summed E-state index contributed by atoms with van der Waals surface area (Å²) < 4.78 is 0.762. The molecule has 0 saturated carbocycles. The fourth-order valence-electron chi connectivity index (χ4n) is 2.14. The van der Waals surface area contributed by atoms with Crippen molar-refractivity contribution in [3.05, 3.63) is 65.7 Å². The van der Waals surface area contributed by atoms with Gasteiger partial charge in [-0.1, -0.05) is 84.6 Å². The Morgan fingerprint density at radius 1 is 1.15 bits per heavy atom. The summed E-state index contributed by atoms with van der Waals surface area (Å²) in [5.41, 5.74) is 5.79. The smallest absolute Gasteiger partial charge is 0.250 e. The van der Waals surface area contributed by atoms with Gasteiger partial charge in [0, 0.05) is 5.56 Å². The standard InChI is InChI=1S/C19H18N4OS2/c1-2-14-8-10-15(11-9-14)12-20-21-17(24)13-25-19-23-22-18(26-19)16-6-4-3-5-7-16/h3-12H,2,13H2,1H3,(H,21,24). The number of nitrogens with one attached hydrogen (secondary N) is 1. The third-order valence-corrected chi connectivity index (χ3v) is 5.65. The molecule has 2 aromatic carbocycles. The first-order valence-corrected chi connectivity index (χ1v) is 9.97. The van der Waals surface area contributed by atoms with Crippen molar-refractivity contribution in [1.82, 2.24) is 15.6 Å². The van der Waals surface area contributed by atoms with Gasteiger partial charge in [-0.05, 0) is 17.5 Å². The topological polar surface area (TPSA) is 67.2 Å². The van der Waals surface area contributed by atoms with Crippen molar-refractivity contribution in [2.24, 2.45) is 5.10 Å². The number of rotatable bonds is 7. The highest BCUT2D eigenvalue weighted by Crippen LogP contribution is 2.28. The Bertz CT molecular complexity index is 876. The summed E-state index contributed by atoms with van der Waals surface area (Å²) >= 11 is 2.83. The Balaban J connectivity index is 1.46. The molecule has 132 valence electrons. The maximum Gasteiger partial charge on any atom is 0.250 e. The van der Waals surface area contributed by atoms with Crippen LogP contribution >= 0.6 is 23.1 Å². The molecule has 0 fully saturated rings. The van der Waals surface area contributed by atoms with Gasteiger partial charge < -0.3 is 0 Å². The number of carbonyl (C=O) groups excluding carboxylic acids is 1. The molecule has 0 aliphatic carbocycles. The third-order valence-electron chi connectivity index (χ3n) is 3.54. The molecule has 1 amide bonds. The van der Waals surface area contributed by atoms with Crippen LogP contribution in [-0.4, -0.2) is 28.1 Å².